The Labute approximate surface area is 123 Å². The number of thiophene rings is 1. The van der Waals surface area contributed by atoms with Crippen molar-refractivity contribution in [2.24, 2.45) is 11.3 Å². The third-order valence-electron chi connectivity index (χ3n) is 4.26. The Morgan fingerprint density at radius 2 is 2.00 bits per heavy atom. The van der Waals surface area contributed by atoms with Crippen molar-refractivity contribution < 1.29 is 14.7 Å². The number of amides is 1. The molecule has 0 radical (unpaired) electrons. The van der Waals surface area contributed by atoms with E-state index in [1.54, 1.807) is 12.1 Å². The molecule has 0 saturated heterocycles. The molecule has 4 nitrogen and oxygen atoms in total. The van der Waals surface area contributed by atoms with Gasteiger partial charge in [-0.1, -0.05) is 26.7 Å². The predicted molar refractivity (Wildman–Crippen MR) is 78.9 cm³/mol. The lowest BCUT2D eigenvalue weighted by Crippen LogP contribution is -2.40. The van der Waals surface area contributed by atoms with Gasteiger partial charge < -0.3 is 10.4 Å². The molecule has 0 unspecified atom stereocenters. The second-order valence-electron chi connectivity index (χ2n) is 5.96. The molecule has 110 valence electrons. The third-order valence-corrected chi connectivity index (χ3v) is 5.33. The van der Waals surface area contributed by atoms with Crippen LogP contribution in [0.15, 0.2) is 12.1 Å². The van der Waals surface area contributed by atoms with E-state index < -0.39 is 5.97 Å². The van der Waals surface area contributed by atoms with Crippen molar-refractivity contribution >= 4 is 23.2 Å². The molecule has 1 saturated carbocycles. The maximum atomic E-state index is 12.3. The lowest BCUT2D eigenvalue weighted by atomic mass is 9.77. The standard InChI is InChI=1S/C15H21NO3S/c1-15(2,10-5-3-4-6-10)14(19)16-9-11-7-8-12(20-11)13(17)18/h7-8,10H,3-6,9H2,1-2H3,(H,16,19)(H,17,18). The second-order valence-corrected chi connectivity index (χ2v) is 7.13. The normalized spacial score (nSPS) is 16.3. The summed E-state index contributed by atoms with van der Waals surface area (Å²) in [5, 5.41) is 11.8. The lowest BCUT2D eigenvalue weighted by molar-refractivity contribution is -0.132. The van der Waals surface area contributed by atoms with E-state index in [0.29, 0.717) is 17.3 Å². The van der Waals surface area contributed by atoms with Crippen LogP contribution < -0.4 is 5.32 Å². The average molecular weight is 295 g/mol. The van der Waals surface area contributed by atoms with E-state index >= 15 is 0 Å². The van der Waals surface area contributed by atoms with Gasteiger partial charge in [0, 0.05) is 10.3 Å². The molecule has 0 bridgehead atoms. The largest absolute Gasteiger partial charge is 0.477 e. The van der Waals surface area contributed by atoms with Crippen LogP contribution in [-0.4, -0.2) is 17.0 Å². The fourth-order valence-electron chi connectivity index (χ4n) is 2.82. The van der Waals surface area contributed by atoms with Gasteiger partial charge in [0.25, 0.3) is 0 Å². The zero-order valence-corrected chi connectivity index (χ0v) is 12.8. The predicted octanol–water partition coefficient (Wildman–Crippen LogP) is 3.28. The molecule has 20 heavy (non-hydrogen) atoms. The molecule has 5 heteroatoms. The highest BCUT2D eigenvalue weighted by Crippen LogP contribution is 2.39. The van der Waals surface area contributed by atoms with Gasteiger partial charge in [-0.15, -0.1) is 11.3 Å². The summed E-state index contributed by atoms with van der Waals surface area (Å²) >= 11 is 1.21. The van der Waals surface area contributed by atoms with E-state index in [1.165, 1.54) is 24.2 Å². The first-order valence-corrected chi connectivity index (χ1v) is 7.83. The van der Waals surface area contributed by atoms with Crippen LogP contribution in [0.3, 0.4) is 0 Å². The molecule has 1 amide bonds. The Hall–Kier alpha value is -1.36. The number of nitrogens with one attached hydrogen (secondary N) is 1. The molecule has 1 aliphatic carbocycles. The zero-order chi connectivity index (χ0) is 14.8. The first-order valence-electron chi connectivity index (χ1n) is 7.01. The highest BCUT2D eigenvalue weighted by molar-refractivity contribution is 7.13. The fraction of sp³-hybridized carbons (Fsp3) is 0.600. The molecule has 2 rings (SSSR count). The van der Waals surface area contributed by atoms with Crippen molar-refractivity contribution in [1.82, 2.24) is 5.32 Å². The molecular formula is C15H21NO3S. The second kappa shape index (κ2) is 5.95. The monoisotopic (exact) mass is 295 g/mol. The molecule has 0 atom stereocenters. The van der Waals surface area contributed by atoms with Crippen molar-refractivity contribution in [2.45, 2.75) is 46.1 Å². The Balaban J connectivity index is 1.92. The maximum absolute atomic E-state index is 12.3. The molecule has 1 fully saturated rings. The first kappa shape index (κ1) is 15.0. The number of aromatic carboxylic acids is 1. The molecule has 1 aliphatic rings. The first-order chi connectivity index (χ1) is 9.41. The van der Waals surface area contributed by atoms with Crippen molar-refractivity contribution in [3.63, 3.8) is 0 Å². The minimum Gasteiger partial charge on any atom is -0.477 e. The van der Waals surface area contributed by atoms with E-state index in [0.717, 1.165) is 17.7 Å². The Morgan fingerprint density at radius 3 is 2.55 bits per heavy atom. The summed E-state index contributed by atoms with van der Waals surface area (Å²) in [6.07, 6.45) is 4.69. The van der Waals surface area contributed by atoms with Crippen LogP contribution in [-0.2, 0) is 11.3 Å². The lowest BCUT2D eigenvalue weighted by Gasteiger charge is -2.30. The van der Waals surface area contributed by atoms with E-state index in [2.05, 4.69) is 5.32 Å². The number of carboxylic acids is 1. The van der Waals surface area contributed by atoms with E-state index in [-0.39, 0.29) is 11.3 Å². The van der Waals surface area contributed by atoms with Crippen LogP contribution in [0.2, 0.25) is 0 Å². The summed E-state index contributed by atoms with van der Waals surface area (Å²) in [7, 11) is 0. The van der Waals surface area contributed by atoms with Gasteiger partial charge in [0.15, 0.2) is 0 Å². The third kappa shape index (κ3) is 3.20. The number of carbonyl (C=O) groups is 2. The molecule has 1 aromatic rings. The molecule has 2 N–H and O–H groups in total. The van der Waals surface area contributed by atoms with Gasteiger partial charge in [0.2, 0.25) is 5.91 Å². The van der Waals surface area contributed by atoms with Gasteiger partial charge in [-0.05, 0) is 30.9 Å². The van der Waals surface area contributed by atoms with Crippen molar-refractivity contribution in [3.8, 4) is 0 Å². The number of hydrogen-bond donors (Lipinski definition) is 2. The average Bonchev–Trinajstić information content (AvgIpc) is 3.06. The summed E-state index contributed by atoms with van der Waals surface area (Å²) in [4.78, 5) is 24.3. The minimum atomic E-state index is -0.918. The number of carbonyl (C=O) groups excluding carboxylic acids is 1. The smallest absolute Gasteiger partial charge is 0.345 e. The Bertz CT molecular complexity index is 501. The summed E-state index contributed by atoms with van der Waals surface area (Å²) < 4.78 is 0. The summed E-state index contributed by atoms with van der Waals surface area (Å²) in [5.74, 6) is -0.394. The van der Waals surface area contributed by atoms with Crippen LogP contribution in [0.4, 0.5) is 0 Å². The number of rotatable bonds is 5. The minimum absolute atomic E-state index is 0.0645. The van der Waals surface area contributed by atoms with Gasteiger partial charge >= 0.3 is 5.97 Å². The zero-order valence-electron chi connectivity index (χ0n) is 11.9. The van der Waals surface area contributed by atoms with Gasteiger partial charge in [-0.3, -0.25) is 4.79 Å². The van der Waals surface area contributed by atoms with Crippen molar-refractivity contribution in [1.29, 1.82) is 0 Å². The van der Waals surface area contributed by atoms with Crippen LogP contribution in [0.5, 0.6) is 0 Å². The SMILES string of the molecule is CC(C)(C(=O)NCc1ccc(C(=O)O)s1)C1CCCC1. The van der Waals surface area contributed by atoms with Crippen molar-refractivity contribution in [2.75, 3.05) is 0 Å². The van der Waals surface area contributed by atoms with Crippen LogP contribution >= 0.6 is 11.3 Å². The van der Waals surface area contributed by atoms with Gasteiger partial charge in [0.1, 0.15) is 4.88 Å². The quantitative estimate of drug-likeness (QED) is 0.876. The van der Waals surface area contributed by atoms with Gasteiger partial charge in [-0.2, -0.15) is 0 Å². The molecule has 1 heterocycles. The van der Waals surface area contributed by atoms with E-state index in [9.17, 15) is 9.59 Å². The summed E-state index contributed by atoms with van der Waals surface area (Å²) in [5.41, 5.74) is -0.344. The number of carboxylic acid groups (broad SMARTS) is 1. The topological polar surface area (TPSA) is 66.4 Å². The Morgan fingerprint density at radius 1 is 1.35 bits per heavy atom. The maximum Gasteiger partial charge on any atom is 0.345 e. The fourth-order valence-corrected chi connectivity index (χ4v) is 3.60. The molecular weight excluding hydrogens is 274 g/mol. The van der Waals surface area contributed by atoms with Crippen LogP contribution in [0.1, 0.15) is 54.1 Å². The Kier molecular flexibility index (Phi) is 4.48. The summed E-state index contributed by atoms with van der Waals surface area (Å²) in [6, 6.07) is 3.34. The van der Waals surface area contributed by atoms with E-state index in [4.69, 9.17) is 5.11 Å². The molecule has 1 aromatic heterocycles. The van der Waals surface area contributed by atoms with Gasteiger partial charge in [-0.25, -0.2) is 4.79 Å². The summed E-state index contributed by atoms with van der Waals surface area (Å²) in [6.45, 7) is 4.43. The molecule has 0 aliphatic heterocycles. The highest BCUT2D eigenvalue weighted by atomic mass is 32.1. The molecule has 0 aromatic carbocycles. The van der Waals surface area contributed by atoms with Crippen molar-refractivity contribution in [3.05, 3.63) is 21.9 Å². The van der Waals surface area contributed by atoms with Crippen LogP contribution in [0, 0.1) is 11.3 Å². The van der Waals surface area contributed by atoms with E-state index in [1.807, 2.05) is 13.8 Å². The highest BCUT2D eigenvalue weighted by Gasteiger charge is 2.37. The number of hydrogen-bond acceptors (Lipinski definition) is 3. The van der Waals surface area contributed by atoms with Gasteiger partial charge in [0.05, 0.1) is 6.54 Å². The molecule has 0 spiro atoms. The van der Waals surface area contributed by atoms with Crippen LogP contribution in [0.25, 0.3) is 0 Å².